The number of hydrogen-bond donors (Lipinski definition) is 2. The minimum Gasteiger partial charge on any atom is -0.396 e. The summed E-state index contributed by atoms with van der Waals surface area (Å²) in [6.45, 7) is 2.25. The zero-order chi connectivity index (χ0) is 11.2. The van der Waals surface area contributed by atoms with Gasteiger partial charge in [-0.3, -0.25) is 0 Å². The lowest BCUT2D eigenvalue weighted by Crippen LogP contribution is -2.15. The molecule has 1 aromatic rings. The normalized spacial score (nSPS) is 15.3. The monoisotopic (exact) mass is 219 g/mol. The van der Waals surface area contributed by atoms with E-state index in [1.807, 2.05) is 0 Å². The summed E-state index contributed by atoms with van der Waals surface area (Å²) in [5.41, 5.74) is 2.89. The molecule has 88 valence electrons. The summed E-state index contributed by atoms with van der Waals surface area (Å²) in [5, 5.41) is 12.1. The third-order valence-corrected chi connectivity index (χ3v) is 3.09. The molecule has 0 aromatic heterocycles. The molecule has 0 saturated heterocycles. The zero-order valence-electron chi connectivity index (χ0n) is 9.78. The molecule has 0 bridgehead atoms. The van der Waals surface area contributed by atoms with Gasteiger partial charge in [0.15, 0.2) is 0 Å². The van der Waals surface area contributed by atoms with Crippen molar-refractivity contribution in [1.82, 2.24) is 5.32 Å². The molecule has 1 aliphatic rings. The second-order valence-corrected chi connectivity index (χ2v) is 4.63. The van der Waals surface area contributed by atoms with E-state index in [1.54, 1.807) is 0 Å². The quantitative estimate of drug-likeness (QED) is 0.690. The van der Waals surface area contributed by atoms with Gasteiger partial charge in [0.2, 0.25) is 0 Å². The summed E-state index contributed by atoms with van der Waals surface area (Å²) in [4.78, 5) is 0. The predicted octanol–water partition coefficient (Wildman–Crippen LogP) is 2.43. The Labute approximate surface area is 97.7 Å². The van der Waals surface area contributed by atoms with E-state index in [1.165, 1.54) is 24.0 Å². The fourth-order valence-electron chi connectivity index (χ4n) is 1.97. The largest absolute Gasteiger partial charge is 0.396 e. The lowest BCUT2D eigenvalue weighted by atomic mass is 10.1. The Balaban J connectivity index is 1.73. The Hall–Kier alpha value is -0.860. The lowest BCUT2D eigenvalue weighted by Gasteiger charge is -2.06. The molecule has 0 radical (unpaired) electrons. The maximum Gasteiger partial charge on any atom is 0.0431 e. The van der Waals surface area contributed by atoms with E-state index in [0.717, 1.165) is 31.8 Å². The molecule has 0 heterocycles. The van der Waals surface area contributed by atoms with Crippen LogP contribution in [0.1, 0.15) is 42.7 Å². The topological polar surface area (TPSA) is 32.3 Å². The average Bonchev–Trinajstić information content (AvgIpc) is 3.13. The van der Waals surface area contributed by atoms with Gasteiger partial charge in [0.05, 0.1) is 0 Å². The van der Waals surface area contributed by atoms with Crippen molar-refractivity contribution in [2.75, 3.05) is 13.2 Å². The van der Waals surface area contributed by atoms with E-state index in [0.29, 0.717) is 6.61 Å². The molecule has 1 fully saturated rings. The van der Waals surface area contributed by atoms with Crippen LogP contribution in [0.2, 0.25) is 0 Å². The Morgan fingerprint density at radius 2 is 2.12 bits per heavy atom. The van der Waals surface area contributed by atoms with Crippen molar-refractivity contribution >= 4 is 0 Å². The molecular formula is C14H21NO. The fraction of sp³-hybridized carbons (Fsp3) is 0.571. The van der Waals surface area contributed by atoms with Crippen LogP contribution in [0.5, 0.6) is 0 Å². The molecule has 1 aromatic carbocycles. The van der Waals surface area contributed by atoms with Gasteiger partial charge in [0.1, 0.15) is 0 Å². The van der Waals surface area contributed by atoms with E-state index in [2.05, 4.69) is 29.6 Å². The van der Waals surface area contributed by atoms with E-state index in [4.69, 9.17) is 5.11 Å². The first-order valence-corrected chi connectivity index (χ1v) is 6.30. The van der Waals surface area contributed by atoms with Gasteiger partial charge >= 0.3 is 0 Å². The molecule has 0 amide bonds. The fourth-order valence-corrected chi connectivity index (χ4v) is 1.97. The predicted molar refractivity (Wildman–Crippen MR) is 66.4 cm³/mol. The van der Waals surface area contributed by atoms with Gasteiger partial charge < -0.3 is 10.4 Å². The first-order valence-electron chi connectivity index (χ1n) is 6.30. The van der Waals surface area contributed by atoms with Crippen LogP contribution < -0.4 is 5.32 Å². The van der Waals surface area contributed by atoms with E-state index in [9.17, 15) is 0 Å². The highest BCUT2D eigenvalue weighted by atomic mass is 16.2. The molecular weight excluding hydrogens is 198 g/mol. The van der Waals surface area contributed by atoms with Crippen molar-refractivity contribution < 1.29 is 5.11 Å². The molecule has 1 saturated carbocycles. The van der Waals surface area contributed by atoms with Gasteiger partial charge in [-0.15, -0.1) is 0 Å². The number of nitrogens with one attached hydrogen (secondary N) is 1. The molecule has 2 N–H and O–H groups in total. The third kappa shape index (κ3) is 3.62. The molecule has 0 aliphatic heterocycles. The molecule has 0 atom stereocenters. The van der Waals surface area contributed by atoms with Crippen LogP contribution in [0.4, 0.5) is 0 Å². The molecule has 0 unspecified atom stereocenters. The second kappa shape index (κ2) is 6.02. The van der Waals surface area contributed by atoms with Gasteiger partial charge in [-0.2, -0.15) is 0 Å². The summed E-state index contributed by atoms with van der Waals surface area (Å²) in [7, 11) is 0. The van der Waals surface area contributed by atoms with Gasteiger partial charge in [-0.05, 0) is 49.3 Å². The highest BCUT2D eigenvalue weighted by Gasteiger charge is 2.23. The highest BCUT2D eigenvalue weighted by molar-refractivity contribution is 5.28. The molecule has 2 nitrogen and oxygen atoms in total. The second-order valence-electron chi connectivity index (χ2n) is 4.63. The van der Waals surface area contributed by atoms with Crippen molar-refractivity contribution in [3.63, 3.8) is 0 Å². The van der Waals surface area contributed by atoms with Gasteiger partial charge in [-0.1, -0.05) is 24.3 Å². The number of rotatable bonds is 7. The molecule has 16 heavy (non-hydrogen) atoms. The lowest BCUT2D eigenvalue weighted by molar-refractivity contribution is 0.283. The Bertz CT molecular complexity index is 320. The van der Waals surface area contributed by atoms with Crippen LogP contribution in [0.25, 0.3) is 0 Å². The van der Waals surface area contributed by atoms with Crippen LogP contribution in [0.3, 0.4) is 0 Å². The Morgan fingerprint density at radius 3 is 2.88 bits per heavy atom. The van der Waals surface area contributed by atoms with Crippen LogP contribution in [0.15, 0.2) is 24.3 Å². The number of hydrogen-bond acceptors (Lipinski definition) is 2. The third-order valence-electron chi connectivity index (χ3n) is 3.09. The van der Waals surface area contributed by atoms with E-state index in [-0.39, 0.29) is 0 Å². The van der Waals surface area contributed by atoms with Crippen molar-refractivity contribution in [1.29, 1.82) is 0 Å². The molecule has 0 spiro atoms. The number of unbranched alkanes of at least 4 members (excludes halogenated alkanes) is 1. The SMILES string of the molecule is OCCCCNCc1cccc(C2CC2)c1. The first kappa shape index (κ1) is 11.6. The number of benzene rings is 1. The zero-order valence-corrected chi connectivity index (χ0v) is 9.78. The molecule has 2 rings (SSSR count). The van der Waals surface area contributed by atoms with Crippen LogP contribution >= 0.6 is 0 Å². The average molecular weight is 219 g/mol. The van der Waals surface area contributed by atoms with Crippen LogP contribution in [0, 0.1) is 0 Å². The van der Waals surface area contributed by atoms with E-state index < -0.39 is 0 Å². The Kier molecular flexibility index (Phi) is 4.37. The summed E-state index contributed by atoms with van der Waals surface area (Å²) < 4.78 is 0. The minimum atomic E-state index is 0.304. The maximum absolute atomic E-state index is 8.66. The van der Waals surface area contributed by atoms with Crippen molar-refractivity contribution in [3.8, 4) is 0 Å². The highest BCUT2D eigenvalue weighted by Crippen LogP contribution is 2.40. The van der Waals surface area contributed by atoms with Crippen molar-refractivity contribution in [2.45, 2.75) is 38.1 Å². The minimum absolute atomic E-state index is 0.304. The van der Waals surface area contributed by atoms with Gasteiger partial charge in [0, 0.05) is 13.2 Å². The van der Waals surface area contributed by atoms with Gasteiger partial charge in [-0.25, -0.2) is 0 Å². The number of aliphatic hydroxyl groups is 1. The maximum atomic E-state index is 8.66. The standard InChI is InChI=1S/C14H21NO/c16-9-2-1-8-15-11-12-4-3-5-14(10-12)13-6-7-13/h3-5,10,13,15-16H,1-2,6-9,11H2. The Morgan fingerprint density at radius 1 is 1.25 bits per heavy atom. The summed E-state index contributed by atoms with van der Waals surface area (Å²) in [5.74, 6) is 0.842. The van der Waals surface area contributed by atoms with Gasteiger partial charge in [0.25, 0.3) is 0 Å². The molecule has 2 heteroatoms. The van der Waals surface area contributed by atoms with Crippen LogP contribution in [-0.2, 0) is 6.54 Å². The number of aliphatic hydroxyl groups excluding tert-OH is 1. The smallest absolute Gasteiger partial charge is 0.0431 e. The summed E-state index contributed by atoms with van der Waals surface area (Å²) in [6, 6.07) is 8.92. The van der Waals surface area contributed by atoms with Crippen molar-refractivity contribution in [2.24, 2.45) is 0 Å². The van der Waals surface area contributed by atoms with Crippen molar-refractivity contribution in [3.05, 3.63) is 35.4 Å². The first-order chi connectivity index (χ1) is 7.90. The van der Waals surface area contributed by atoms with E-state index >= 15 is 0 Å². The summed E-state index contributed by atoms with van der Waals surface area (Å²) >= 11 is 0. The molecule has 1 aliphatic carbocycles. The summed E-state index contributed by atoms with van der Waals surface area (Å²) in [6.07, 6.45) is 4.69. The van der Waals surface area contributed by atoms with Crippen LogP contribution in [-0.4, -0.2) is 18.3 Å².